The summed E-state index contributed by atoms with van der Waals surface area (Å²) in [6, 6.07) is 5.85. The molecule has 128 valence electrons. The first-order valence-electron chi connectivity index (χ1n) is 7.11. The minimum absolute atomic E-state index is 0.0225. The maximum absolute atomic E-state index is 14.5. The lowest BCUT2D eigenvalue weighted by atomic mass is 9.84. The molecular formula is C16H12ClFN4O3. The second-order valence-corrected chi connectivity index (χ2v) is 5.89. The van der Waals surface area contributed by atoms with Crippen LogP contribution in [0.1, 0.15) is 17.0 Å². The van der Waals surface area contributed by atoms with E-state index < -0.39 is 23.0 Å². The van der Waals surface area contributed by atoms with Crippen molar-refractivity contribution in [3.8, 4) is 11.9 Å². The van der Waals surface area contributed by atoms with E-state index in [4.69, 9.17) is 22.1 Å². The second-order valence-electron chi connectivity index (χ2n) is 5.48. The third-order valence-electron chi connectivity index (χ3n) is 4.10. The molecule has 1 aromatic carbocycles. The van der Waals surface area contributed by atoms with E-state index in [9.17, 15) is 19.2 Å². The Bertz CT molecular complexity index is 1070. The summed E-state index contributed by atoms with van der Waals surface area (Å²) >= 11 is 6.13. The lowest BCUT2D eigenvalue weighted by molar-refractivity contribution is 0.347. The molecule has 1 aliphatic rings. The molecule has 2 aromatic rings. The minimum atomic E-state index is -1.19. The van der Waals surface area contributed by atoms with Crippen LogP contribution in [-0.4, -0.2) is 9.13 Å². The van der Waals surface area contributed by atoms with Gasteiger partial charge in [-0.1, -0.05) is 17.7 Å². The number of aromatic nitrogens is 2. The molecule has 0 bridgehead atoms. The van der Waals surface area contributed by atoms with Crippen LogP contribution >= 0.6 is 11.6 Å². The van der Waals surface area contributed by atoms with E-state index in [0.717, 1.165) is 15.2 Å². The van der Waals surface area contributed by atoms with Crippen molar-refractivity contribution in [3.05, 3.63) is 72.5 Å². The van der Waals surface area contributed by atoms with E-state index in [1.807, 2.05) is 6.07 Å². The lowest BCUT2D eigenvalue weighted by Crippen LogP contribution is -2.42. The second kappa shape index (κ2) is 5.79. The Labute approximate surface area is 145 Å². The molecule has 0 aliphatic carbocycles. The highest BCUT2D eigenvalue weighted by molar-refractivity contribution is 6.31. The van der Waals surface area contributed by atoms with Gasteiger partial charge in [0.1, 0.15) is 17.5 Å². The van der Waals surface area contributed by atoms with Crippen molar-refractivity contribution in [2.24, 2.45) is 19.8 Å². The Morgan fingerprint density at radius 1 is 1.28 bits per heavy atom. The average molecular weight is 363 g/mol. The summed E-state index contributed by atoms with van der Waals surface area (Å²) in [7, 11) is 2.66. The fourth-order valence-corrected chi connectivity index (χ4v) is 3.13. The molecule has 9 heteroatoms. The van der Waals surface area contributed by atoms with Crippen molar-refractivity contribution >= 4 is 11.6 Å². The first-order valence-corrected chi connectivity index (χ1v) is 7.48. The molecule has 1 aromatic heterocycles. The monoisotopic (exact) mass is 362 g/mol. The van der Waals surface area contributed by atoms with Gasteiger partial charge in [0.25, 0.3) is 5.56 Å². The van der Waals surface area contributed by atoms with E-state index in [2.05, 4.69) is 0 Å². The van der Waals surface area contributed by atoms with E-state index in [0.29, 0.717) is 0 Å². The lowest BCUT2D eigenvalue weighted by Gasteiger charge is -2.27. The Hall–Kier alpha value is -3.05. The van der Waals surface area contributed by atoms with Crippen LogP contribution in [0.3, 0.4) is 0 Å². The SMILES string of the molecule is Cn1c2c(c(=O)n(C)c1=O)[C@H](c1c(F)cccc1Cl)C(C#N)=C(N)O2. The number of rotatable bonds is 1. The number of hydrogen-bond donors (Lipinski definition) is 1. The molecule has 0 unspecified atom stereocenters. The molecular weight excluding hydrogens is 351 g/mol. The van der Waals surface area contributed by atoms with Crippen molar-refractivity contribution in [3.63, 3.8) is 0 Å². The van der Waals surface area contributed by atoms with E-state index in [1.165, 1.54) is 26.2 Å². The predicted octanol–water partition coefficient (Wildman–Crippen LogP) is 1.09. The smallest absolute Gasteiger partial charge is 0.333 e. The number of allylic oxidation sites excluding steroid dienone is 1. The number of halogens is 2. The zero-order valence-electron chi connectivity index (χ0n) is 13.2. The van der Waals surface area contributed by atoms with Crippen LogP contribution in [0.2, 0.25) is 5.02 Å². The molecule has 0 amide bonds. The van der Waals surface area contributed by atoms with Crippen LogP contribution in [0, 0.1) is 17.1 Å². The summed E-state index contributed by atoms with van der Waals surface area (Å²) in [5, 5.41) is 9.50. The van der Waals surface area contributed by atoms with Gasteiger partial charge in [-0.05, 0) is 12.1 Å². The molecule has 0 saturated carbocycles. The van der Waals surface area contributed by atoms with Crippen LogP contribution in [-0.2, 0) is 14.1 Å². The molecule has 0 spiro atoms. The third-order valence-corrected chi connectivity index (χ3v) is 4.43. The van der Waals surface area contributed by atoms with Crippen molar-refractivity contribution in [2.45, 2.75) is 5.92 Å². The first-order chi connectivity index (χ1) is 11.8. The predicted molar refractivity (Wildman–Crippen MR) is 87.6 cm³/mol. The number of benzene rings is 1. The maximum atomic E-state index is 14.5. The summed E-state index contributed by atoms with van der Waals surface area (Å²) in [6.45, 7) is 0. The number of nitrogens with zero attached hydrogens (tertiary/aromatic N) is 3. The molecule has 1 aliphatic heterocycles. The molecule has 1 atom stereocenters. The van der Waals surface area contributed by atoms with Gasteiger partial charge in [-0.25, -0.2) is 9.18 Å². The van der Waals surface area contributed by atoms with Crippen LogP contribution < -0.4 is 21.7 Å². The number of ether oxygens (including phenoxy) is 1. The zero-order valence-corrected chi connectivity index (χ0v) is 14.0. The van der Waals surface area contributed by atoms with Crippen LogP contribution in [0.5, 0.6) is 5.88 Å². The molecule has 0 saturated heterocycles. The van der Waals surface area contributed by atoms with E-state index >= 15 is 0 Å². The standard InChI is InChI=1S/C16H12ClFN4O3/c1-21-14(23)12-10(11-8(17)4-3-5-9(11)18)7(6-19)13(20)25-15(12)22(2)16(21)24/h3-5,10H,20H2,1-2H3/t10-/m0/s1. The molecule has 3 rings (SSSR count). The fourth-order valence-electron chi connectivity index (χ4n) is 2.86. The normalized spacial score (nSPS) is 16.2. The molecule has 7 nitrogen and oxygen atoms in total. The number of fused-ring (bicyclic) bond motifs is 1. The Kier molecular flexibility index (Phi) is 3.89. The van der Waals surface area contributed by atoms with E-state index in [-0.39, 0.29) is 33.5 Å². The molecule has 0 radical (unpaired) electrons. The third kappa shape index (κ3) is 2.32. The van der Waals surface area contributed by atoms with Gasteiger partial charge >= 0.3 is 5.69 Å². The summed E-state index contributed by atoms with van der Waals surface area (Å²) in [6.07, 6.45) is 0. The molecule has 2 N–H and O–H groups in total. The first kappa shape index (κ1) is 16.8. The van der Waals surface area contributed by atoms with Gasteiger partial charge < -0.3 is 10.5 Å². The zero-order chi connectivity index (χ0) is 18.5. The fraction of sp³-hybridized carbons (Fsp3) is 0.188. The van der Waals surface area contributed by atoms with Crippen LogP contribution in [0.25, 0.3) is 0 Å². The van der Waals surface area contributed by atoms with Crippen LogP contribution in [0.4, 0.5) is 4.39 Å². The Morgan fingerprint density at radius 3 is 2.56 bits per heavy atom. The van der Waals surface area contributed by atoms with Gasteiger partial charge in [-0.3, -0.25) is 13.9 Å². The largest absolute Gasteiger partial charge is 0.423 e. The van der Waals surface area contributed by atoms with Crippen molar-refractivity contribution < 1.29 is 9.13 Å². The number of nitrogens with two attached hydrogens (primary N) is 1. The van der Waals surface area contributed by atoms with Crippen molar-refractivity contribution in [2.75, 3.05) is 0 Å². The van der Waals surface area contributed by atoms with Gasteiger partial charge in [-0.15, -0.1) is 0 Å². The molecule has 0 fully saturated rings. The van der Waals surface area contributed by atoms with Crippen LogP contribution in [0.15, 0.2) is 39.2 Å². The average Bonchev–Trinajstić information content (AvgIpc) is 2.57. The summed E-state index contributed by atoms with van der Waals surface area (Å²) in [5.74, 6) is -2.36. The Balaban J connectivity index is 2.50. The highest BCUT2D eigenvalue weighted by atomic mass is 35.5. The van der Waals surface area contributed by atoms with Crippen molar-refractivity contribution in [1.29, 1.82) is 5.26 Å². The van der Waals surface area contributed by atoms with Gasteiger partial charge in [0.05, 0.1) is 11.5 Å². The topological polar surface area (TPSA) is 103 Å². The van der Waals surface area contributed by atoms with Crippen molar-refractivity contribution in [1.82, 2.24) is 9.13 Å². The quantitative estimate of drug-likeness (QED) is 0.818. The summed E-state index contributed by atoms with van der Waals surface area (Å²) in [5.41, 5.74) is 4.10. The van der Waals surface area contributed by atoms with Gasteiger partial charge in [0, 0.05) is 24.7 Å². The van der Waals surface area contributed by atoms with Gasteiger partial charge in [0.15, 0.2) is 0 Å². The highest BCUT2D eigenvalue weighted by Crippen LogP contribution is 2.42. The summed E-state index contributed by atoms with van der Waals surface area (Å²) < 4.78 is 21.8. The highest BCUT2D eigenvalue weighted by Gasteiger charge is 2.38. The van der Waals surface area contributed by atoms with Gasteiger partial charge in [0.2, 0.25) is 11.8 Å². The Morgan fingerprint density at radius 2 is 1.96 bits per heavy atom. The molecule has 2 heterocycles. The number of hydrogen-bond acceptors (Lipinski definition) is 5. The van der Waals surface area contributed by atoms with Gasteiger partial charge in [-0.2, -0.15) is 5.26 Å². The number of nitriles is 1. The summed E-state index contributed by atoms with van der Waals surface area (Å²) in [4.78, 5) is 24.8. The van der Waals surface area contributed by atoms with E-state index in [1.54, 1.807) is 0 Å². The molecule has 25 heavy (non-hydrogen) atoms. The minimum Gasteiger partial charge on any atom is -0.423 e. The maximum Gasteiger partial charge on any atom is 0.333 e.